The Morgan fingerprint density at radius 1 is 1.31 bits per heavy atom. The summed E-state index contributed by atoms with van der Waals surface area (Å²) < 4.78 is 16.7. The quantitative estimate of drug-likeness (QED) is 0.635. The monoisotopic (exact) mass is 364 g/mol. The summed E-state index contributed by atoms with van der Waals surface area (Å²) in [5.41, 5.74) is -0.0447. The number of carbonyl (C=O) groups excluding carboxylic acids is 1. The Bertz CT molecular complexity index is 632. The van der Waals surface area contributed by atoms with Crippen LogP contribution >= 0.6 is 0 Å². The number of nitro benzene ring substituents is 1. The molecule has 1 N–H and O–H groups in total. The SMILES string of the molecule is CCC(NC(=O)Oc1ccc([N+](=O)[O-])cc1)C1CCC2(CC1)OCCO2. The van der Waals surface area contributed by atoms with Gasteiger partial charge in [0.25, 0.3) is 5.69 Å². The highest BCUT2D eigenvalue weighted by Crippen LogP contribution is 2.39. The lowest BCUT2D eigenvalue weighted by molar-refractivity contribution is -0.384. The van der Waals surface area contributed by atoms with Crippen LogP contribution in [0.4, 0.5) is 10.5 Å². The first-order valence-electron chi connectivity index (χ1n) is 9.02. The molecule has 2 aliphatic rings. The van der Waals surface area contributed by atoms with Gasteiger partial charge in [-0.05, 0) is 37.3 Å². The minimum atomic E-state index is -0.542. The molecule has 1 amide bonds. The summed E-state index contributed by atoms with van der Waals surface area (Å²) in [6.07, 6.45) is 3.79. The molecule has 1 heterocycles. The molecule has 1 aliphatic carbocycles. The molecule has 0 aromatic heterocycles. The second kappa shape index (κ2) is 8.01. The van der Waals surface area contributed by atoms with Crippen molar-refractivity contribution in [3.05, 3.63) is 34.4 Å². The van der Waals surface area contributed by atoms with Crippen LogP contribution in [0.5, 0.6) is 5.75 Å². The molecule has 8 heteroatoms. The molecular weight excluding hydrogens is 340 g/mol. The van der Waals surface area contributed by atoms with Crippen molar-refractivity contribution in [3.63, 3.8) is 0 Å². The lowest BCUT2D eigenvalue weighted by Gasteiger charge is -2.38. The normalized spacial score (nSPS) is 20.7. The maximum Gasteiger partial charge on any atom is 0.412 e. The van der Waals surface area contributed by atoms with E-state index in [1.807, 2.05) is 6.92 Å². The molecule has 1 unspecified atom stereocenters. The van der Waals surface area contributed by atoms with E-state index in [1.54, 1.807) is 0 Å². The summed E-state index contributed by atoms with van der Waals surface area (Å²) in [5, 5.41) is 13.6. The summed E-state index contributed by atoms with van der Waals surface area (Å²) in [4.78, 5) is 22.3. The van der Waals surface area contributed by atoms with Crippen LogP contribution in [0.1, 0.15) is 39.0 Å². The van der Waals surface area contributed by atoms with Gasteiger partial charge in [0.05, 0.1) is 18.1 Å². The topological polar surface area (TPSA) is 99.9 Å². The molecule has 1 saturated carbocycles. The zero-order valence-electron chi connectivity index (χ0n) is 14.8. The number of amides is 1. The molecule has 142 valence electrons. The number of hydrogen-bond acceptors (Lipinski definition) is 6. The Balaban J connectivity index is 1.51. The van der Waals surface area contributed by atoms with Crippen molar-refractivity contribution in [2.45, 2.75) is 50.9 Å². The number of ether oxygens (including phenoxy) is 3. The average Bonchev–Trinajstić information content (AvgIpc) is 3.09. The number of benzene rings is 1. The predicted molar refractivity (Wildman–Crippen MR) is 92.9 cm³/mol. The maximum absolute atomic E-state index is 12.2. The van der Waals surface area contributed by atoms with Crippen molar-refractivity contribution < 1.29 is 23.9 Å². The van der Waals surface area contributed by atoms with Gasteiger partial charge in [-0.3, -0.25) is 10.1 Å². The van der Waals surface area contributed by atoms with Crippen LogP contribution in [-0.4, -0.2) is 36.1 Å². The second-order valence-corrected chi connectivity index (χ2v) is 6.74. The highest BCUT2D eigenvalue weighted by atomic mass is 16.7. The van der Waals surface area contributed by atoms with Gasteiger partial charge in [-0.2, -0.15) is 0 Å². The van der Waals surface area contributed by atoms with E-state index >= 15 is 0 Å². The third kappa shape index (κ3) is 4.31. The van der Waals surface area contributed by atoms with E-state index in [1.165, 1.54) is 24.3 Å². The minimum absolute atomic E-state index is 0.0132. The van der Waals surface area contributed by atoms with Gasteiger partial charge in [-0.1, -0.05) is 6.92 Å². The summed E-state index contributed by atoms with van der Waals surface area (Å²) >= 11 is 0. The number of hydrogen-bond donors (Lipinski definition) is 1. The van der Waals surface area contributed by atoms with E-state index < -0.39 is 16.8 Å². The van der Waals surface area contributed by atoms with Crippen molar-refractivity contribution in [1.29, 1.82) is 0 Å². The molecule has 26 heavy (non-hydrogen) atoms. The zero-order chi connectivity index (χ0) is 18.6. The number of rotatable bonds is 5. The van der Waals surface area contributed by atoms with E-state index in [0.29, 0.717) is 19.1 Å². The van der Waals surface area contributed by atoms with E-state index in [-0.39, 0.29) is 17.5 Å². The summed E-state index contributed by atoms with van der Waals surface area (Å²) in [6, 6.07) is 5.46. The minimum Gasteiger partial charge on any atom is -0.410 e. The maximum atomic E-state index is 12.2. The van der Waals surface area contributed by atoms with Gasteiger partial charge in [0.2, 0.25) is 0 Å². The summed E-state index contributed by atoms with van der Waals surface area (Å²) in [7, 11) is 0. The van der Waals surface area contributed by atoms with E-state index in [4.69, 9.17) is 14.2 Å². The third-order valence-corrected chi connectivity index (χ3v) is 5.18. The highest BCUT2D eigenvalue weighted by molar-refractivity contribution is 5.70. The number of nitro groups is 1. The van der Waals surface area contributed by atoms with Crippen LogP contribution in [0.15, 0.2) is 24.3 Å². The van der Waals surface area contributed by atoms with Crippen LogP contribution < -0.4 is 10.1 Å². The van der Waals surface area contributed by atoms with Crippen LogP contribution in [-0.2, 0) is 9.47 Å². The molecule has 2 fully saturated rings. The molecule has 1 spiro atoms. The standard InChI is InChI=1S/C18H24N2O6/c1-2-16(13-7-9-18(10-8-13)24-11-12-25-18)19-17(21)26-15-5-3-14(4-6-15)20(22)23/h3-6,13,16H,2,7-12H2,1H3,(H,19,21). The van der Waals surface area contributed by atoms with Crippen molar-refractivity contribution in [2.24, 2.45) is 5.92 Å². The Labute approximate surface area is 152 Å². The first kappa shape index (κ1) is 18.6. The Hall–Kier alpha value is -2.19. The molecule has 1 aliphatic heterocycles. The highest BCUT2D eigenvalue weighted by Gasteiger charge is 2.41. The van der Waals surface area contributed by atoms with E-state index in [2.05, 4.69) is 5.32 Å². The van der Waals surface area contributed by atoms with Crippen molar-refractivity contribution in [1.82, 2.24) is 5.32 Å². The van der Waals surface area contributed by atoms with Gasteiger partial charge in [0, 0.05) is 31.0 Å². The van der Waals surface area contributed by atoms with Crippen LogP contribution in [0.2, 0.25) is 0 Å². The number of non-ortho nitro benzene ring substituents is 1. The molecular formula is C18H24N2O6. The van der Waals surface area contributed by atoms with Gasteiger partial charge < -0.3 is 19.5 Å². The van der Waals surface area contributed by atoms with Gasteiger partial charge in [0.15, 0.2) is 5.79 Å². The van der Waals surface area contributed by atoms with Crippen molar-refractivity contribution >= 4 is 11.8 Å². The molecule has 1 atom stereocenters. The lowest BCUT2D eigenvalue weighted by atomic mass is 9.80. The first-order chi connectivity index (χ1) is 12.5. The molecule has 0 radical (unpaired) electrons. The van der Waals surface area contributed by atoms with Gasteiger partial charge in [0.1, 0.15) is 5.75 Å². The van der Waals surface area contributed by atoms with Crippen molar-refractivity contribution in [3.8, 4) is 5.75 Å². The van der Waals surface area contributed by atoms with Crippen LogP contribution in [0.25, 0.3) is 0 Å². The fraction of sp³-hybridized carbons (Fsp3) is 0.611. The smallest absolute Gasteiger partial charge is 0.410 e. The third-order valence-electron chi connectivity index (χ3n) is 5.18. The molecule has 1 saturated heterocycles. The Kier molecular flexibility index (Phi) is 5.73. The van der Waals surface area contributed by atoms with Crippen LogP contribution in [0, 0.1) is 16.0 Å². The summed E-state index contributed by atoms with van der Waals surface area (Å²) in [5.74, 6) is 0.217. The fourth-order valence-corrected chi connectivity index (χ4v) is 3.75. The predicted octanol–water partition coefficient (Wildman–Crippen LogP) is 3.40. The van der Waals surface area contributed by atoms with Crippen molar-refractivity contribution in [2.75, 3.05) is 13.2 Å². The average molecular weight is 364 g/mol. The van der Waals surface area contributed by atoms with Crippen LogP contribution in [0.3, 0.4) is 0 Å². The zero-order valence-corrected chi connectivity index (χ0v) is 14.8. The van der Waals surface area contributed by atoms with E-state index in [9.17, 15) is 14.9 Å². The van der Waals surface area contributed by atoms with E-state index in [0.717, 1.165) is 32.1 Å². The number of nitrogens with one attached hydrogen (secondary N) is 1. The molecule has 1 aromatic rings. The molecule has 3 rings (SSSR count). The molecule has 1 aromatic carbocycles. The number of nitrogens with zero attached hydrogens (tertiary/aromatic N) is 1. The molecule has 0 bridgehead atoms. The number of carbonyl (C=O) groups is 1. The Morgan fingerprint density at radius 2 is 1.92 bits per heavy atom. The van der Waals surface area contributed by atoms with Gasteiger partial charge in [-0.25, -0.2) is 4.79 Å². The second-order valence-electron chi connectivity index (χ2n) is 6.74. The molecule has 8 nitrogen and oxygen atoms in total. The fourth-order valence-electron chi connectivity index (χ4n) is 3.75. The van der Waals surface area contributed by atoms with Gasteiger partial charge in [-0.15, -0.1) is 0 Å². The first-order valence-corrected chi connectivity index (χ1v) is 9.02. The Morgan fingerprint density at radius 3 is 2.46 bits per heavy atom. The van der Waals surface area contributed by atoms with Gasteiger partial charge >= 0.3 is 6.09 Å². The lowest BCUT2D eigenvalue weighted by Crippen LogP contribution is -2.45. The summed E-state index contributed by atoms with van der Waals surface area (Å²) in [6.45, 7) is 3.34. The largest absolute Gasteiger partial charge is 0.412 e.